The highest BCUT2D eigenvalue weighted by Gasteiger charge is 2.13. The van der Waals surface area contributed by atoms with Gasteiger partial charge in [0.15, 0.2) is 0 Å². The molecule has 1 aromatic carbocycles. The maximum absolute atomic E-state index is 13.0. The lowest BCUT2D eigenvalue weighted by Crippen LogP contribution is -2.09. The van der Waals surface area contributed by atoms with Gasteiger partial charge >= 0.3 is 0 Å². The van der Waals surface area contributed by atoms with Crippen LogP contribution in [0.15, 0.2) is 12.1 Å². The van der Waals surface area contributed by atoms with E-state index in [2.05, 4.69) is 0 Å². The summed E-state index contributed by atoms with van der Waals surface area (Å²) in [5.41, 5.74) is 6.27. The monoisotopic (exact) mass is 217 g/mol. The van der Waals surface area contributed by atoms with Crippen molar-refractivity contribution in [3.05, 3.63) is 28.5 Å². The van der Waals surface area contributed by atoms with Gasteiger partial charge in [-0.1, -0.05) is 11.6 Å². The Bertz CT molecular complexity index is 328. The molecule has 0 aromatic heterocycles. The van der Waals surface area contributed by atoms with Crippen LogP contribution in [0.25, 0.3) is 0 Å². The molecular weight excluding hydrogens is 205 g/mol. The Hall–Kier alpha value is -0.800. The fourth-order valence-electron chi connectivity index (χ4n) is 1.22. The first-order valence-electron chi connectivity index (χ1n) is 4.43. The Morgan fingerprint density at radius 2 is 2.21 bits per heavy atom. The molecule has 0 spiro atoms. The van der Waals surface area contributed by atoms with Crippen LogP contribution < -0.4 is 10.5 Å². The lowest BCUT2D eigenvalue weighted by atomic mass is 10.1. The van der Waals surface area contributed by atoms with E-state index >= 15 is 0 Å². The molecule has 2 N–H and O–H groups in total. The molecular formula is C10H13ClFNO. The lowest BCUT2D eigenvalue weighted by Gasteiger charge is -2.14. The summed E-state index contributed by atoms with van der Waals surface area (Å²) in [6, 6.07) is 2.27. The van der Waals surface area contributed by atoms with Gasteiger partial charge in [0, 0.05) is 11.6 Å². The van der Waals surface area contributed by atoms with E-state index in [1.54, 1.807) is 6.92 Å². The van der Waals surface area contributed by atoms with E-state index in [1.165, 1.54) is 12.1 Å². The number of rotatable bonds is 3. The molecule has 2 nitrogen and oxygen atoms in total. The van der Waals surface area contributed by atoms with Crippen LogP contribution in [0.1, 0.15) is 25.5 Å². The normalized spacial score (nSPS) is 12.6. The van der Waals surface area contributed by atoms with Crippen molar-refractivity contribution in [3.8, 4) is 5.75 Å². The van der Waals surface area contributed by atoms with Gasteiger partial charge in [0.1, 0.15) is 11.6 Å². The third-order valence-corrected chi connectivity index (χ3v) is 2.10. The fourth-order valence-corrected chi connectivity index (χ4v) is 1.48. The minimum Gasteiger partial charge on any atom is -0.492 e. The molecule has 0 saturated carbocycles. The van der Waals surface area contributed by atoms with Crippen LogP contribution in [0.3, 0.4) is 0 Å². The van der Waals surface area contributed by atoms with E-state index in [1.807, 2.05) is 6.92 Å². The van der Waals surface area contributed by atoms with Crippen LogP contribution in [-0.4, -0.2) is 6.61 Å². The molecule has 1 atom stereocenters. The molecule has 1 rings (SSSR count). The van der Waals surface area contributed by atoms with E-state index in [0.717, 1.165) is 0 Å². The van der Waals surface area contributed by atoms with Crippen LogP contribution in [0.5, 0.6) is 5.75 Å². The number of nitrogens with two attached hydrogens (primary N) is 1. The van der Waals surface area contributed by atoms with Crippen LogP contribution in [0.4, 0.5) is 4.39 Å². The van der Waals surface area contributed by atoms with Gasteiger partial charge in [0.05, 0.1) is 11.6 Å². The SMILES string of the molecule is CCOc1c(Cl)cc(F)cc1[C@H](C)N. The van der Waals surface area contributed by atoms with Crippen LogP contribution in [-0.2, 0) is 0 Å². The van der Waals surface area contributed by atoms with Gasteiger partial charge in [-0.05, 0) is 26.0 Å². The topological polar surface area (TPSA) is 35.2 Å². The predicted molar refractivity (Wildman–Crippen MR) is 55.2 cm³/mol. The number of halogens is 2. The highest BCUT2D eigenvalue weighted by Crippen LogP contribution is 2.33. The minimum atomic E-state index is -0.397. The van der Waals surface area contributed by atoms with Crippen molar-refractivity contribution >= 4 is 11.6 Å². The van der Waals surface area contributed by atoms with Crippen molar-refractivity contribution in [1.29, 1.82) is 0 Å². The second-order valence-corrected chi connectivity index (χ2v) is 3.43. The first-order valence-corrected chi connectivity index (χ1v) is 4.81. The summed E-state index contributed by atoms with van der Waals surface area (Å²) in [6.07, 6.45) is 0. The van der Waals surface area contributed by atoms with Crippen molar-refractivity contribution in [1.82, 2.24) is 0 Å². The Kier molecular flexibility index (Phi) is 3.72. The summed E-state index contributed by atoms with van der Waals surface area (Å²) in [4.78, 5) is 0. The molecule has 0 saturated heterocycles. The average molecular weight is 218 g/mol. The zero-order valence-corrected chi connectivity index (χ0v) is 8.94. The van der Waals surface area contributed by atoms with Crippen LogP contribution in [0, 0.1) is 5.82 Å². The third kappa shape index (κ3) is 2.36. The summed E-state index contributed by atoms with van der Waals surface area (Å²) in [6.45, 7) is 4.07. The van der Waals surface area contributed by atoms with Crippen molar-refractivity contribution < 1.29 is 9.13 Å². The van der Waals surface area contributed by atoms with Gasteiger partial charge in [0.2, 0.25) is 0 Å². The molecule has 4 heteroatoms. The van der Waals surface area contributed by atoms with Gasteiger partial charge in [-0.15, -0.1) is 0 Å². The van der Waals surface area contributed by atoms with Gasteiger partial charge in [0.25, 0.3) is 0 Å². The maximum atomic E-state index is 13.0. The Morgan fingerprint density at radius 3 is 2.71 bits per heavy atom. The van der Waals surface area contributed by atoms with E-state index in [0.29, 0.717) is 17.9 Å². The van der Waals surface area contributed by atoms with Crippen LogP contribution in [0.2, 0.25) is 5.02 Å². The molecule has 0 bridgehead atoms. The Balaban J connectivity index is 3.21. The molecule has 14 heavy (non-hydrogen) atoms. The van der Waals surface area contributed by atoms with E-state index in [9.17, 15) is 4.39 Å². The second-order valence-electron chi connectivity index (χ2n) is 3.03. The van der Waals surface area contributed by atoms with Gasteiger partial charge < -0.3 is 10.5 Å². The molecule has 78 valence electrons. The quantitative estimate of drug-likeness (QED) is 0.845. The van der Waals surface area contributed by atoms with Crippen molar-refractivity contribution in [2.75, 3.05) is 6.61 Å². The molecule has 0 aliphatic heterocycles. The number of hydrogen-bond donors (Lipinski definition) is 1. The molecule has 0 radical (unpaired) electrons. The highest BCUT2D eigenvalue weighted by molar-refractivity contribution is 6.32. The number of hydrogen-bond acceptors (Lipinski definition) is 2. The van der Waals surface area contributed by atoms with E-state index in [4.69, 9.17) is 22.1 Å². The Labute approximate surface area is 87.8 Å². The average Bonchev–Trinajstić information content (AvgIpc) is 2.09. The summed E-state index contributed by atoms with van der Waals surface area (Å²) in [7, 11) is 0. The van der Waals surface area contributed by atoms with Gasteiger partial charge in [-0.3, -0.25) is 0 Å². The first-order chi connectivity index (χ1) is 6.56. The number of ether oxygens (including phenoxy) is 1. The lowest BCUT2D eigenvalue weighted by molar-refractivity contribution is 0.334. The zero-order valence-electron chi connectivity index (χ0n) is 8.18. The highest BCUT2D eigenvalue weighted by atomic mass is 35.5. The molecule has 0 aliphatic rings. The molecule has 1 aromatic rings. The first kappa shape index (κ1) is 11.3. The van der Waals surface area contributed by atoms with Crippen molar-refractivity contribution in [2.24, 2.45) is 5.73 Å². The number of benzene rings is 1. The minimum absolute atomic E-state index is 0.263. The molecule has 0 heterocycles. The smallest absolute Gasteiger partial charge is 0.142 e. The molecule has 0 unspecified atom stereocenters. The van der Waals surface area contributed by atoms with Crippen LogP contribution >= 0.6 is 11.6 Å². The third-order valence-electron chi connectivity index (χ3n) is 1.82. The van der Waals surface area contributed by atoms with Crippen molar-refractivity contribution in [3.63, 3.8) is 0 Å². The summed E-state index contributed by atoms with van der Waals surface area (Å²) in [5, 5.41) is 0.263. The molecule has 0 fully saturated rings. The maximum Gasteiger partial charge on any atom is 0.142 e. The second kappa shape index (κ2) is 4.62. The van der Waals surface area contributed by atoms with E-state index < -0.39 is 5.82 Å². The van der Waals surface area contributed by atoms with E-state index in [-0.39, 0.29) is 11.1 Å². The largest absolute Gasteiger partial charge is 0.492 e. The zero-order chi connectivity index (χ0) is 10.7. The standard InChI is InChI=1S/C10H13ClFNO/c1-3-14-10-8(6(2)13)4-7(12)5-9(10)11/h4-6H,3,13H2,1-2H3/t6-/m0/s1. The van der Waals surface area contributed by atoms with Gasteiger partial charge in [-0.25, -0.2) is 4.39 Å². The van der Waals surface area contributed by atoms with Gasteiger partial charge in [-0.2, -0.15) is 0 Å². The van der Waals surface area contributed by atoms with Crippen molar-refractivity contribution in [2.45, 2.75) is 19.9 Å². The molecule has 0 aliphatic carbocycles. The molecule has 0 amide bonds. The Morgan fingerprint density at radius 1 is 1.57 bits per heavy atom. The summed E-state index contributed by atoms with van der Waals surface area (Å²) >= 11 is 5.84. The summed E-state index contributed by atoms with van der Waals surface area (Å²) < 4.78 is 18.3. The summed E-state index contributed by atoms with van der Waals surface area (Å²) in [5.74, 6) is 0.0799. The predicted octanol–water partition coefficient (Wildman–Crippen LogP) is 2.90. The fraction of sp³-hybridized carbons (Fsp3) is 0.400.